The molecule has 2 N–H and O–H groups in total. The average molecular weight is 219 g/mol. The van der Waals surface area contributed by atoms with E-state index >= 15 is 0 Å². The molecular formula is C12H13NO3. The third kappa shape index (κ3) is 2.59. The van der Waals surface area contributed by atoms with Crippen LogP contribution in [0.15, 0.2) is 12.1 Å². The number of aliphatic carboxylic acids is 1. The zero-order valence-electron chi connectivity index (χ0n) is 9.03. The summed E-state index contributed by atoms with van der Waals surface area (Å²) in [4.78, 5) is 10.7. The Balaban J connectivity index is 3.27. The Hall–Kier alpha value is -1.86. The lowest BCUT2D eigenvalue weighted by molar-refractivity contribution is -0.136. The van der Waals surface area contributed by atoms with Crippen LogP contribution < -0.4 is 0 Å². The molecule has 4 heteroatoms. The quantitative estimate of drug-likeness (QED) is 0.798. The number of aliphatic hydroxyl groups excluding tert-OH is 1. The number of aliphatic hydroxyl groups is 1. The van der Waals surface area contributed by atoms with Crippen LogP contribution in [0, 0.1) is 11.3 Å². The molecule has 0 aliphatic carbocycles. The van der Waals surface area contributed by atoms with E-state index in [0.29, 0.717) is 23.1 Å². The van der Waals surface area contributed by atoms with Crippen molar-refractivity contribution in [1.82, 2.24) is 0 Å². The molecule has 0 fully saturated rings. The molecule has 0 saturated carbocycles. The van der Waals surface area contributed by atoms with Gasteiger partial charge in [-0.05, 0) is 29.2 Å². The summed E-state index contributed by atoms with van der Waals surface area (Å²) in [6.07, 6.45) is 0.588. The van der Waals surface area contributed by atoms with E-state index in [1.807, 2.05) is 13.0 Å². The number of nitriles is 1. The van der Waals surface area contributed by atoms with Crippen molar-refractivity contribution in [2.45, 2.75) is 26.4 Å². The molecule has 0 saturated heterocycles. The number of hydrogen-bond acceptors (Lipinski definition) is 3. The maximum Gasteiger partial charge on any atom is 0.307 e. The van der Waals surface area contributed by atoms with E-state index in [1.165, 1.54) is 0 Å². The lowest BCUT2D eigenvalue weighted by Crippen LogP contribution is -2.05. The molecule has 0 aliphatic rings. The molecule has 0 radical (unpaired) electrons. The Labute approximate surface area is 93.8 Å². The summed E-state index contributed by atoms with van der Waals surface area (Å²) in [5.41, 5.74) is 2.40. The Kier molecular flexibility index (Phi) is 4.03. The minimum atomic E-state index is -0.914. The SMILES string of the molecule is CCc1cc(C#N)c(CO)cc1CC(=O)O. The lowest BCUT2D eigenvalue weighted by Gasteiger charge is -2.09. The monoisotopic (exact) mass is 219 g/mol. The minimum Gasteiger partial charge on any atom is -0.481 e. The van der Waals surface area contributed by atoms with Crippen molar-refractivity contribution in [3.63, 3.8) is 0 Å². The summed E-state index contributed by atoms with van der Waals surface area (Å²) >= 11 is 0. The van der Waals surface area contributed by atoms with E-state index in [2.05, 4.69) is 0 Å². The summed E-state index contributed by atoms with van der Waals surface area (Å²) in [6.45, 7) is 1.65. The van der Waals surface area contributed by atoms with Crippen LogP contribution in [0.1, 0.15) is 29.2 Å². The standard InChI is InChI=1S/C12H13NO3/c1-2-8-3-10(6-13)11(7-14)4-9(8)5-12(15)16/h3-4,14H,2,5,7H2,1H3,(H,15,16). The number of benzene rings is 1. The number of carbonyl (C=O) groups is 1. The van der Waals surface area contributed by atoms with Crippen LogP contribution in [-0.4, -0.2) is 16.2 Å². The van der Waals surface area contributed by atoms with Gasteiger partial charge in [-0.1, -0.05) is 13.0 Å². The molecule has 0 bridgehead atoms. The topological polar surface area (TPSA) is 81.3 Å². The van der Waals surface area contributed by atoms with Crippen molar-refractivity contribution < 1.29 is 15.0 Å². The predicted molar refractivity (Wildman–Crippen MR) is 57.8 cm³/mol. The van der Waals surface area contributed by atoms with E-state index in [9.17, 15) is 4.79 Å². The summed E-state index contributed by atoms with van der Waals surface area (Å²) in [5, 5.41) is 26.7. The second-order valence-electron chi connectivity index (χ2n) is 3.47. The zero-order chi connectivity index (χ0) is 12.1. The average Bonchev–Trinajstić information content (AvgIpc) is 2.27. The molecule has 1 rings (SSSR count). The highest BCUT2D eigenvalue weighted by Gasteiger charge is 2.10. The second kappa shape index (κ2) is 5.29. The molecule has 0 spiro atoms. The van der Waals surface area contributed by atoms with Crippen LogP contribution in [0.4, 0.5) is 0 Å². The van der Waals surface area contributed by atoms with Gasteiger partial charge in [-0.2, -0.15) is 5.26 Å². The van der Waals surface area contributed by atoms with Gasteiger partial charge in [0, 0.05) is 0 Å². The van der Waals surface area contributed by atoms with E-state index in [-0.39, 0.29) is 13.0 Å². The fraction of sp³-hybridized carbons (Fsp3) is 0.333. The molecular weight excluding hydrogens is 206 g/mol. The van der Waals surface area contributed by atoms with E-state index in [1.54, 1.807) is 12.1 Å². The first-order valence-corrected chi connectivity index (χ1v) is 4.99. The number of rotatable bonds is 4. The molecule has 0 atom stereocenters. The van der Waals surface area contributed by atoms with Crippen molar-refractivity contribution in [3.8, 4) is 6.07 Å². The van der Waals surface area contributed by atoms with Crippen molar-refractivity contribution in [3.05, 3.63) is 34.4 Å². The van der Waals surface area contributed by atoms with Crippen molar-refractivity contribution in [2.75, 3.05) is 0 Å². The fourth-order valence-electron chi connectivity index (χ4n) is 1.63. The molecule has 1 aromatic carbocycles. The Bertz CT molecular complexity index is 446. The highest BCUT2D eigenvalue weighted by atomic mass is 16.4. The van der Waals surface area contributed by atoms with Gasteiger partial charge in [0.2, 0.25) is 0 Å². The Morgan fingerprint density at radius 2 is 2.06 bits per heavy atom. The van der Waals surface area contributed by atoms with Crippen molar-refractivity contribution >= 4 is 5.97 Å². The first-order chi connectivity index (χ1) is 7.62. The van der Waals surface area contributed by atoms with Gasteiger partial charge in [-0.25, -0.2) is 0 Å². The van der Waals surface area contributed by atoms with Crippen molar-refractivity contribution in [2.24, 2.45) is 0 Å². The number of nitrogens with zero attached hydrogens (tertiary/aromatic N) is 1. The zero-order valence-corrected chi connectivity index (χ0v) is 9.03. The molecule has 16 heavy (non-hydrogen) atoms. The number of carboxylic acids is 1. The minimum absolute atomic E-state index is 0.0815. The van der Waals surface area contributed by atoms with Crippen LogP contribution >= 0.6 is 0 Å². The molecule has 1 aromatic rings. The Morgan fingerprint density at radius 1 is 1.38 bits per heavy atom. The van der Waals surface area contributed by atoms with Gasteiger partial charge >= 0.3 is 5.97 Å². The molecule has 0 unspecified atom stereocenters. The molecule has 0 heterocycles. The van der Waals surface area contributed by atoms with Gasteiger partial charge in [0.1, 0.15) is 0 Å². The van der Waals surface area contributed by atoms with Crippen LogP contribution in [0.2, 0.25) is 0 Å². The number of carboxylic acid groups (broad SMARTS) is 1. The molecule has 4 nitrogen and oxygen atoms in total. The normalized spacial score (nSPS) is 9.81. The van der Waals surface area contributed by atoms with E-state index in [4.69, 9.17) is 15.5 Å². The highest BCUT2D eigenvalue weighted by molar-refractivity contribution is 5.71. The third-order valence-corrected chi connectivity index (χ3v) is 2.44. The summed E-state index contributed by atoms with van der Waals surface area (Å²) in [6, 6.07) is 5.25. The molecule has 0 amide bonds. The van der Waals surface area contributed by atoms with Crippen LogP contribution in [0.25, 0.3) is 0 Å². The molecule has 84 valence electrons. The first-order valence-electron chi connectivity index (χ1n) is 4.99. The predicted octanol–water partition coefficient (Wildman–Crippen LogP) is 1.24. The van der Waals surface area contributed by atoms with Crippen molar-refractivity contribution in [1.29, 1.82) is 5.26 Å². The maximum atomic E-state index is 10.7. The van der Waals surface area contributed by atoms with Gasteiger partial charge in [0.25, 0.3) is 0 Å². The summed E-state index contributed by atoms with van der Waals surface area (Å²) < 4.78 is 0. The third-order valence-electron chi connectivity index (χ3n) is 2.44. The van der Waals surface area contributed by atoms with Crippen LogP contribution in [0.3, 0.4) is 0 Å². The Morgan fingerprint density at radius 3 is 2.50 bits per heavy atom. The largest absolute Gasteiger partial charge is 0.481 e. The van der Waals surface area contributed by atoms with Gasteiger partial charge in [-0.15, -0.1) is 0 Å². The van der Waals surface area contributed by atoms with Gasteiger partial charge < -0.3 is 10.2 Å². The van der Waals surface area contributed by atoms with Gasteiger partial charge in [-0.3, -0.25) is 4.79 Å². The molecule has 0 aliphatic heterocycles. The smallest absolute Gasteiger partial charge is 0.307 e. The summed E-state index contributed by atoms with van der Waals surface area (Å²) in [7, 11) is 0. The van der Waals surface area contributed by atoms with Gasteiger partial charge in [0.05, 0.1) is 24.7 Å². The van der Waals surface area contributed by atoms with Gasteiger partial charge in [0.15, 0.2) is 0 Å². The number of hydrogen-bond donors (Lipinski definition) is 2. The fourth-order valence-corrected chi connectivity index (χ4v) is 1.63. The highest BCUT2D eigenvalue weighted by Crippen LogP contribution is 2.18. The number of aryl methyl sites for hydroxylation is 1. The molecule has 0 aromatic heterocycles. The maximum absolute atomic E-state index is 10.7. The van der Waals surface area contributed by atoms with Crippen LogP contribution in [-0.2, 0) is 24.2 Å². The lowest BCUT2D eigenvalue weighted by atomic mass is 9.96. The first kappa shape index (κ1) is 12.2. The van der Waals surface area contributed by atoms with E-state index < -0.39 is 5.97 Å². The second-order valence-corrected chi connectivity index (χ2v) is 3.47. The summed E-state index contributed by atoms with van der Waals surface area (Å²) in [5.74, 6) is -0.914. The van der Waals surface area contributed by atoms with Crippen LogP contribution in [0.5, 0.6) is 0 Å². The van der Waals surface area contributed by atoms with E-state index in [0.717, 1.165) is 5.56 Å².